The number of carbonyl (C=O) groups excluding carboxylic acids is 3. The Bertz CT molecular complexity index is 457. The van der Waals surface area contributed by atoms with Gasteiger partial charge in [0, 0.05) is 18.7 Å². The SMILES string of the molecule is COC(=O)/C=C/CNC(=O)C(CC(C)C)NC(=O)NC1CCCC1. The number of esters is 1. The minimum atomic E-state index is -0.599. The van der Waals surface area contributed by atoms with E-state index in [4.69, 9.17) is 0 Å². The van der Waals surface area contributed by atoms with Crippen molar-refractivity contribution in [3.05, 3.63) is 12.2 Å². The summed E-state index contributed by atoms with van der Waals surface area (Å²) in [4.78, 5) is 35.3. The lowest BCUT2D eigenvalue weighted by Gasteiger charge is -2.21. The van der Waals surface area contributed by atoms with Gasteiger partial charge in [0.1, 0.15) is 6.04 Å². The molecule has 0 saturated heterocycles. The maximum Gasteiger partial charge on any atom is 0.330 e. The van der Waals surface area contributed by atoms with Gasteiger partial charge in [-0.3, -0.25) is 4.79 Å². The van der Waals surface area contributed by atoms with E-state index in [1.165, 1.54) is 19.3 Å². The fourth-order valence-electron chi connectivity index (χ4n) is 2.66. The van der Waals surface area contributed by atoms with Crippen LogP contribution in [0.5, 0.6) is 0 Å². The van der Waals surface area contributed by atoms with Crippen molar-refractivity contribution in [2.45, 2.75) is 58.0 Å². The molecule has 1 unspecified atom stereocenters. The Morgan fingerprint density at radius 2 is 1.88 bits per heavy atom. The maximum absolute atomic E-state index is 12.3. The van der Waals surface area contributed by atoms with Crippen LogP contribution in [-0.2, 0) is 14.3 Å². The molecule has 3 N–H and O–H groups in total. The number of urea groups is 1. The predicted octanol–water partition coefficient (Wildman–Crippen LogP) is 1.49. The Morgan fingerprint density at radius 3 is 2.46 bits per heavy atom. The molecule has 0 spiro atoms. The second-order valence-electron chi connectivity index (χ2n) is 6.45. The summed E-state index contributed by atoms with van der Waals surface area (Å²) in [6.45, 7) is 4.19. The molecule has 0 aromatic carbocycles. The molecule has 1 fully saturated rings. The Hall–Kier alpha value is -2.05. The minimum Gasteiger partial charge on any atom is -0.466 e. The first kappa shape index (κ1) is 20.0. The van der Waals surface area contributed by atoms with Gasteiger partial charge >= 0.3 is 12.0 Å². The van der Waals surface area contributed by atoms with Crippen molar-refractivity contribution in [1.82, 2.24) is 16.0 Å². The number of ether oxygens (including phenoxy) is 1. The molecule has 3 amide bonds. The fourth-order valence-corrected chi connectivity index (χ4v) is 2.66. The van der Waals surface area contributed by atoms with Gasteiger partial charge in [-0.25, -0.2) is 9.59 Å². The molecule has 0 heterocycles. The van der Waals surface area contributed by atoms with Crippen molar-refractivity contribution in [3.63, 3.8) is 0 Å². The Morgan fingerprint density at radius 1 is 1.21 bits per heavy atom. The molecule has 1 saturated carbocycles. The van der Waals surface area contributed by atoms with E-state index in [1.807, 2.05) is 13.8 Å². The zero-order chi connectivity index (χ0) is 17.9. The summed E-state index contributed by atoms with van der Waals surface area (Å²) in [5, 5.41) is 8.37. The van der Waals surface area contributed by atoms with E-state index in [1.54, 1.807) is 0 Å². The van der Waals surface area contributed by atoms with Gasteiger partial charge < -0.3 is 20.7 Å². The number of rotatable bonds is 8. The van der Waals surface area contributed by atoms with Gasteiger partial charge in [-0.05, 0) is 25.2 Å². The third-order valence-electron chi connectivity index (χ3n) is 3.87. The molecule has 0 aromatic rings. The summed E-state index contributed by atoms with van der Waals surface area (Å²) in [5.41, 5.74) is 0. The van der Waals surface area contributed by atoms with Crippen LogP contribution < -0.4 is 16.0 Å². The first-order chi connectivity index (χ1) is 11.4. The van der Waals surface area contributed by atoms with E-state index < -0.39 is 12.0 Å². The number of amides is 3. The molecule has 0 aliphatic heterocycles. The van der Waals surface area contributed by atoms with Crippen LogP contribution in [0.4, 0.5) is 4.79 Å². The van der Waals surface area contributed by atoms with Crippen LogP contribution in [0.15, 0.2) is 12.2 Å². The highest BCUT2D eigenvalue weighted by Gasteiger charge is 2.23. The molecule has 0 radical (unpaired) electrons. The summed E-state index contributed by atoms with van der Waals surface area (Å²) >= 11 is 0. The van der Waals surface area contributed by atoms with E-state index >= 15 is 0 Å². The van der Waals surface area contributed by atoms with Gasteiger partial charge in [-0.1, -0.05) is 32.8 Å². The van der Waals surface area contributed by atoms with Crippen LogP contribution in [0.2, 0.25) is 0 Å². The van der Waals surface area contributed by atoms with Crippen LogP contribution in [0.1, 0.15) is 46.0 Å². The smallest absolute Gasteiger partial charge is 0.330 e. The second-order valence-corrected chi connectivity index (χ2v) is 6.45. The number of nitrogens with one attached hydrogen (secondary N) is 3. The Kier molecular flexibility index (Phi) is 8.89. The summed E-state index contributed by atoms with van der Waals surface area (Å²) < 4.78 is 4.47. The van der Waals surface area contributed by atoms with Crippen LogP contribution in [0.3, 0.4) is 0 Å². The Balaban J connectivity index is 2.46. The summed E-state index contributed by atoms with van der Waals surface area (Å²) in [6, 6.07) is -0.693. The molecule has 0 aromatic heterocycles. The van der Waals surface area contributed by atoms with Crippen molar-refractivity contribution in [3.8, 4) is 0 Å². The van der Waals surface area contributed by atoms with Crippen LogP contribution in [-0.4, -0.2) is 43.6 Å². The number of hydrogen-bond acceptors (Lipinski definition) is 4. The van der Waals surface area contributed by atoms with Gasteiger partial charge in [0.25, 0.3) is 0 Å². The van der Waals surface area contributed by atoms with Gasteiger partial charge in [0.05, 0.1) is 7.11 Å². The molecule has 1 atom stereocenters. The lowest BCUT2D eigenvalue weighted by atomic mass is 10.0. The van der Waals surface area contributed by atoms with Gasteiger partial charge in [-0.15, -0.1) is 0 Å². The number of methoxy groups -OCH3 is 1. The van der Waals surface area contributed by atoms with Crippen LogP contribution in [0.25, 0.3) is 0 Å². The highest BCUT2D eigenvalue weighted by molar-refractivity contribution is 5.87. The molecule has 7 nitrogen and oxygen atoms in total. The first-order valence-electron chi connectivity index (χ1n) is 8.51. The van der Waals surface area contributed by atoms with E-state index in [0.29, 0.717) is 6.42 Å². The van der Waals surface area contributed by atoms with Crippen LogP contribution >= 0.6 is 0 Å². The largest absolute Gasteiger partial charge is 0.466 e. The van der Waals surface area contributed by atoms with E-state index in [9.17, 15) is 14.4 Å². The average Bonchev–Trinajstić information content (AvgIpc) is 3.02. The van der Waals surface area contributed by atoms with Crippen molar-refractivity contribution >= 4 is 17.9 Å². The monoisotopic (exact) mass is 339 g/mol. The minimum absolute atomic E-state index is 0.203. The van der Waals surface area contributed by atoms with E-state index in [0.717, 1.165) is 25.7 Å². The molecule has 1 aliphatic carbocycles. The standard InChI is InChI=1S/C17H29N3O4/c1-12(2)11-14(16(22)18-10-6-9-15(21)24-3)20-17(23)19-13-7-4-5-8-13/h6,9,12-14H,4-5,7-8,10-11H2,1-3H3,(H,18,22)(H2,19,20,23)/b9-6+. The van der Waals surface area contributed by atoms with Crippen molar-refractivity contribution < 1.29 is 19.1 Å². The summed E-state index contributed by atoms with van der Waals surface area (Å²) in [7, 11) is 1.29. The first-order valence-corrected chi connectivity index (χ1v) is 8.51. The lowest BCUT2D eigenvalue weighted by Crippen LogP contribution is -2.52. The van der Waals surface area contributed by atoms with Gasteiger partial charge in [-0.2, -0.15) is 0 Å². The molecule has 24 heavy (non-hydrogen) atoms. The zero-order valence-corrected chi connectivity index (χ0v) is 14.8. The number of carbonyl (C=O) groups is 3. The highest BCUT2D eigenvalue weighted by atomic mass is 16.5. The quantitative estimate of drug-likeness (QED) is 0.461. The zero-order valence-electron chi connectivity index (χ0n) is 14.8. The van der Waals surface area contributed by atoms with Crippen LogP contribution in [0, 0.1) is 5.92 Å². The van der Waals surface area contributed by atoms with E-state index in [2.05, 4.69) is 20.7 Å². The third kappa shape index (κ3) is 7.99. The molecule has 1 rings (SSSR count). The molecule has 1 aliphatic rings. The van der Waals surface area contributed by atoms with Crippen molar-refractivity contribution in [2.75, 3.05) is 13.7 Å². The normalized spacial score (nSPS) is 16.2. The highest BCUT2D eigenvalue weighted by Crippen LogP contribution is 2.17. The number of hydrogen-bond donors (Lipinski definition) is 3. The van der Waals surface area contributed by atoms with Gasteiger partial charge in [0.15, 0.2) is 0 Å². The average molecular weight is 339 g/mol. The summed E-state index contributed by atoms with van der Waals surface area (Å²) in [5.74, 6) is -0.477. The topological polar surface area (TPSA) is 96.5 Å². The second kappa shape index (κ2) is 10.7. The van der Waals surface area contributed by atoms with E-state index in [-0.39, 0.29) is 30.4 Å². The third-order valence-corrected chi connectivity index (χ3v) is 3.87. The fraction of sp³-hybridized carbons (Fsp3) is 0.706. The molecule has 0 bridgehead atoms. The molecular weight excluding hydrogens is 310 g/mol. The lowest BCUT2D eigenvalue weighted by molar-refractivity contribution is -0.134. The summed E-state index contributed by atoms with van der Waals surface area (Å²) in [6.07, 6.45) is 7.55. The Labute approximate surface area is 143 Å². The molecular formula is C17H29N3O4. The molecule has 136 valence electrons. The van der Waals surface area contributed by atoms with Crippen molar-refractivity contribution in [2.24, 2.45) is 5.92 Å². The van der Waals surface area contributed by atoms with Crippen molar-refractivity contribution in [1.29, 1.82) is 0 Å². The van der Waals surface area contributed by atoms with Gasteiger partial charge in [0.2, 0.25) is 5.91 Å². The maximum atomic E-state index is 12.3. The predicted molar refractivity (Wildman–Crippen MR) is 91.3 cm³/mol. The molecule has 7 heteroatoms.